The summed E-state index contributed by atoms with van der Waals surface area (Å²) in [5.41, 5.74) is 5.08. The summed E-state index contributed by atoms with van der Waals surface area (Å²) >= 11 is 0. The molecule has 0 radical (unpaired) electrons. The summed E-state index contributed by atoms with van der Waals surface area (Å²) in [5, 5.41) is 7.65. The maximum Gasteiger partial charge on any atom is 0.410 e. The van der Waals surface area contributed by atoms with Crippen LogP contribution in [0.1, 0.15) is 54.9 Å². The Hall–Kier alpha value is -4.45. The molecule has 4 N–H and O–H groups in total. The first kappa shape index (κ1) is 34.4. The van der Waals surface area contributed by atoms with Crippen molar-refractivity contribution < 1.29 is 28.7 Å². The van der Waals surface area contributed by atoms with Gasteiger partial charge in [-0.3, -0.25) is 24.1 Å². The normalized spacial score (nSPS) is 19.2. The van der Waals surface area contributed by atoms with Crippen LogP contribution in [0.2, 0.25) is 0 Å². The largest absolute Gasteiger partial charge is 0.444 e. The van der Waals surface area contributed by atoms with Crippen molar-refractivity contribution in [3.05, 3.63) is 54.2 Å². The predicted molar refractivity (Wildman–Crippen MR) is 175 cm³/mol. The Morgan fingerprint density at radius 1 is 1.02 bits per heavy atom. The van der Waals surface area contributed by atoms with E-state index in [0.717, 1.165) is 10.8 Å². The van der Waals surface area contributed by atoms with Crippen molar-refractivity contribution in [2.75, 3.05) is 25.5 Å². The molecule has 2 heterocycles. The number of benzene rings is 2. The molecule has 0 saturated carbocycles. The van der Waals surface area contributed by atoms with E-state index in [-0.39, 0.29) is 24.6 Å². The van der Waals surface area contributed by atoms with E-state index in [1.807, 2.05) is 57.2 Å². The Balaban J connectivity index is 1.61. The Bertz CT molecular complexity index is 1550. The van der Waals surface area contributed by atoms with Crippen LogP contribution < -0.4 is 16.4 Å². The summed E-state index contributed by atoms with van der Waals surface area (Å²) in [6, 6.07) is 10.1. The van der Waals surface area contributed by atoms with Gasteiger partial charge in [0.25, 0.3) is 5.91 Å². The van der Waals surface area contributed by atoms with Crippen LogP contribution in [0.3, 0.4) is 0 Å². The molecule has 2 aliphatic rings. The maximum atomic E-state index is 14.4. The van der Waals surface area contributed by atoms with Crippen molar-refractivity contribution in [3.63, 3.8) is 0 Å². The van der Waals surface area contributed by atoms with E-state index in [4.69, 9.17) is 10.5 Å². The molecule has 0 spiro atoms. The van der Waals surface area contributed by atoms with Gasteiger partial charge in [0.1, 0.15) is 17.7 Å². The Labute approximate surface area is 270 Å². The summed E-state index contributed by atoms with van der Waals surface area (Å²) in [5.74, 6) is -1.74. The molecule has 4 rings (SSSR count). The molecule has 12 heteroatoms. The van der Waals surface area contributed by atoms with Gasteiger partial charge in [0.15, 0.2) is 0 Å². The van der Waals surface area contributed by atoms with Gasteiger partial charge in [-0.25, -0.2) is 4.79 Å². The summed E-state index contributed by atoms with van der Waals surface area (Å²) in [6.07, 6.45) is 1.25. The van der Waals surface area contributed by atoms with Crippen LogP contribution in [0.5, 0.6) is 0 Å². The molecule has 5 amide bonds. The van der Waals surface area contributed by atoms with Crippen molar-refractivity contribution >= 4 is 46.2 Å². The maximum absolute atomic E-state index is 14.4. The van der Waals surface area contributed by atoms with Gasteiger partial charge in [-0.15, -0.1) is 0 Å². The molecule has 2 aromatic carbocycles. The molecule has 1 saturated heterocycles. The minimum absolute atomic E-state index is 0.252. The summed E-state index contributed by atoms with van der Waals surface area (Å²) in [7, 11) is 1.46. The number of carbonyl (C=O) groups excluding carboxylic acids is 5. The quantitative estimate of drug-likeness (QED) is 0.423. The van der Waals surface area contributed by atoms with Crippen molar-refractivity contribution in [1.29, 1.82) is 0 Å². The van der Waals surface area contributed by atoms with E-state index < -0.39 is 59.0 Å². The molecule has 12 nitrogen and oxygen atoms in total. The van der Waals surface area contributed by atoms with E-state index in [1.165, 1.54) is 23.0 Å². The molecule has 4 atom stereocenters. The van der Waals surface area contributed by atoms with E-state index in [0.29, 0.717) is 12.1 Å². The Morgan fingerprint density at radius 3 is 2.30 bits per heavy atom. The van der Waals surface area contributed by atoms with Gasteiger partial charge in [-0.1, -0.05) is 57.2 Å². The molecule has 0 aromatic heterocycles. The highest BCUT2D eigenvalue weighted by Crippen LogP contribution is 2.37. The smallest absolute Gasteiger partial charge is 0.410 e. The lowest BCUT2D eigenvalue weighted by Gasteiger charge is -2.37. The summed E-state index contributed by atoms with van der Waals surface area (Å²) in [4.78, 5) is 71.4. The summed E-state index contributed by atoms with van der Waals surface area (Å²) < 4.78 is 5.40. The second-order valence-electron chi connectivity index (χ2n) is 14.0. The zero-order chi connectivity index (χ0) is 34.1. The first-order valence-electron chi connectivity index (χ1n) is 15.5. The second-order valence-corrected chi connectivity index (χ2v) is 14.0. The number of nitrogens with two attached hydrogens (primary N) is 1. The van der Waals surface area contributed by atoms with Gasteiger partial charge in [0.2, 0.25) is 17.7 Å². The van der Waals surface area contributed by atoms with Crippen molar-refractivity contribution in [2.45, 2.75) is 84.7 Å². The minimum atomic E-state index is -1.00. The van der Waals surface area contributed by atoms with Crippen LogP contribution in [0.15, 0.2) is 54.2 Å². The number of amides is 5. The lowest BCUT2D eigenvalue weighted by atomic mass is 9.85. The SMILES string of the molecule is CC(C(=O)NC(C(=O)N1CCC2C1C(C(=O)Nc1cccc3ccccc13)=CN2C(=O)CN)C(C)(C)C)N(C)C(=O)OC(C)(C)C. The molecular weight excluding hydrogens is 588 g/mol. The van der Waals surface area contributed by atoms with Gasteiger partial charge in [-0.05, 0) is 51.0 Å². The topological polar surface area (TPSA) is 154 Å². The standard InChI is InChI=1S/C34H46N6O6/c1-20(38(8)32(45)46-34(5,6)7)29(42)37-28(33(2,3)4)31(44)39-17-16-25-27(39)23(19-40(25)26(41)18-35)30(43)36-24-15-11-13-21-12-9-10-14-22(21)24/h9-15,19-20,25,27-28H,16-18,35H2,1-8H3,(H,36,43)(H,37,42). The molecule has 248 valence electrons. The number of rotatable bonds is 7. The molecule has 2 aliphatic heterocycles. The number of hydrogen-bond donors (Lipinski definition) is 3. The number of likely N-dealkylation sites (tertiary alicyclic amines) is 1. The number of ether oxygens (including phenoxy) is 1. The average Bonchev–Trinajstić information content (AvgIpc) is 3.58. The van der Waals surface area contributed by atoms with Crippen LogP contribution >= 0.6 is 0 Å². The number of nitrogens with one attached hydrogen (secondary N) is 2. The third kappa shape index (κ3) is 7.17. The summed E-state index contributed by atoms with van der Waals surface area (Å²) in [6.45, 7) is 12.2. The van der Waals surface area contributed by atoms with Gasteiger partial charge in [0, 0.05) is 30.9 Å². The Morgan fingerprint density at radius 2 is 1.67 bits per heavy atom. The monoisotopic (exact) mass is 634 g/mol. The van der Waals surface area contributed by atoms with E-state index in [9.17, 15) is 24.0 Å². The number of nitrogens with zero attached hydrogens (tertiary/aromatic N) is 3. The zero-order valence-corrected chi connectivity index (χ0v) is 27.9. The van der Waals surface area contributed by atoms with Crippen molar-refractivity contribution in [2.24, 2.45) is 11.1 Å². The molecule has 1 fully saturated rings. The third-order valence-corrected chi connectivity index (χ3v) is 8.41. The first-order chi connectivity index (χ1) is 21.4. The van der Waals surface area contributed by atoms with E-state index in [1.54, 1.807) is 38.7 Å². The van der Waals surface area contributed by atoms with Crippen molar-refractivity contribution in [1.82, 2.24) is 20.0 Å². The highest BCUT2D eigenvalue weighted by Gasteiger charge is 2.51. The first-order valence-corrected chi connectivity index (χ1v) is 15.5. The van der Waals surface area contributed by atoms with Gasteiger partial charge < -0.3 is 30.9 Å². The molecular formula is C34H46N6O6. The number of likely N-dealkylation sites (N-methyl/N-ethyl adjacent to an activating group) is 1. The molecule has 2 aromatic rings. The molecule has 4 unspecified atom stereocenters. The zero-order valence-electron chi connectivity index (χ0n) is 27.9. The van der Waals surface area contributed by atoms with Crippen LogP contribution in [0, 0.1) is 5.41 Å². The number of hydrogen-bond acceptors (Lipinski definition) is 7. The van der Waals surface area contributed by atoms with Crippen LogP contribution in [0.25, 0.3) is 10.8 Å². The van der Waals surface area contributed by atoms with Crippen LogP contribution in [-0.2, 0) is 23.9 Å². The molecule has 46 heavy (non-hydrogen) atoms. The van der Waals surface area contributed by atoms with Crippen molar-refractivity contribution in [3.8, 4) is 0 Å². The van der Waals surface area contributed by atoms with Crippen LogP contribution in [0.4, 0.5) is 10.5 Å². The number of carbonyl (C=O) groups is 5. The van der Waals surface area contributed by atoms with Gasteiger partial charge >= 0.3 is 6.09 Å². The predicted octanol–water partition coefficient (Wildman–Crippen LogP) is 3.22. The minimum Gasteiger partial charge on any atom is -0.444 e. The average molecular weight is 635 g/mol. The lowest BCUT2D eigenvalue weighted by Crippen LogP contribution is -2.59. The Kier molecular flexibility index (Phi) is 9.81. The van der Waals surface area contributed by atoms with Gasteiger partial charge in [0.05, 0.1) is 24.2 Å². The fourth-order valence-corrected chi connectivity index (χ4v) is 5.84. The lowest BCUT2D eigenvalue weighted by molar-refractivity contribution is -0.141. The fraction of sp³-hybridized carbons (Fsp3) is 0.500. The highest BCUT2D eigenvalue weighted by atomic mass is 16.6. The highest BCUT2D eigenvalue weighted by molar-refractivity contribution is 6.10. The molecule has 0 bridgehead atoms. The third-order valence-electron chi connectivity index (χ3n) is 8.41. The number of fused-ring (bicyclic) bond motifs is 2. The van der Waals surface area contributed by atoms with E-state index >= 15 is 0 Å². The number of anilines is 1. The fourth-order valence-electron chi connectivity index (χ4n) is 5.84. The van der Waals surface area contributed by atoms with Crippen LogP contribution in [-0.4, -0.2) is 94.3 Å². The van der Waals surface area contributed by atoms with E-state index in [2.05, 4.69) is 10.6 Å². The molecule has 0 aliphatic carbocycles. The van der Waals surface area contributed by atoms with Gasteiger partial charge in [-0.2, -0.15) is 0 Å². The second kappa shape index (κ2) is 13.1.